The number of aryl methyl sites for hydroxylation is 2. The fourth-order valence-corrected chi connectivity index (χ4v) is 3.38. The van der Waals surface area contributed by atoms with E-state index in [0.29, 0.717) is 6.42 Å². The van der Waals surface area contributed by atoms with Crippen molar-refractivity contribution in [1.29, 1.82) is 0 Å². The summed E-state index contributed by atoms with van der Waals surface area (Å²) in [6, 6.07) is 11.3. The maximum Gasteiger partial charge on any atom is 0.124 e. The summed E-state index contributed by atoms with van der Waals surface area (Å²) < 4.78 is 13.9. The summed E-state index contributed by atoms with van der Waals surface area (Å²) in [5, 5.41) is 0. The van der Waals surface area contributed by atoms with Crippen molar-refractivity contribution < 1.29 is 4.39 Å². The van der Waals surface area contributed by atoms with Crippen LogP contribution >= 0.6 is 15.9 Å². The lowest BCUT2D eigenvalue weighted by molar-refractivity contribution is 0.624. The number of rotatable bonds is 3. The summed E-state index contributed by atoms with van der Waals surface area (Å²) in [6.45, 7) is 0. The summed E-state index contributed by atoms with van der Waals surface area (Å²) in [6.07, 6.45) is 4.31. The Balaban J connectivity index is 1.80. The molecule has 0 spiro atoms. The number of hydrogen-bond acceptors (Lipinski definition) is 1. The summed E-state index contributed by atoms with van der Waals surface area (Å²) in [4.78, 5) is 0. The molecule has 0 bridgehead atoms. The normalized spacial score (nSPS) is 15.2. The van der Waals surface area contributed by atoms with Crippen LogP contribution in [0.4, 0.5) is 4.39 Å². The van der Waals surface area contributed by atoms with Crippen LogP contribution in [-0.4, -0.2) is 0 Å². The molecule has 1 nitrogen and oxygen atoms in total. The van der Waals surface area contributed by atoms with Crippen molar-refractivity contribution in [3.8, 4) is 0 Å². The van der Waals surface area contributed by atoms with Gasteiger partial charge in [0, 0.05) is 10.5 Å². The zero-order chi connectivity index (χ0) is 14.1. The molecule has 0 fully saturated rings. The zero-order valence-corrected chi connectivity index (χ0v) is 12.8. The molecule has 1 aliphatic rings. The first-order valence-electron chi connectivity index (χ1n) is 6.94. The van der Waals surface area contributed by atoms with Crippen LogP contribution in [0.5, 0.6) is 0 Å². The van der Waals surface area contributed by atoms with Crippen molar-refractivity contribution in [2.45, 2.75) is 31.7 Å². The van der Waals surface area contributed by atoms with Gasteiger partial charge in [-0.1, -0.05) is 40.2 Å². The van der Waals surface area contributed by atoms with Gasteiger partial charge in [-0.25, -0.2) is 4.39 Å². The smallest absolute Gasteiger partial charge is 0.124 e. The Morgan fingerprint density at radius 1 is 1.10 bits per heavy atom. The van der Waals surface area contributed by atoms with E-state index >= 15 is 0 Å². The van der Waals surface area contributed by atoms with Crippen molar-refractivity contribution >= 4 is 15.9 Å². The van der Waals surface area contributed by atoms with Gasteiger partial charge in [-0.15, -0.1) is 0 Å². The largest absolute Gasteiger partial charge is 0.324 e. The van der Waals surface area contributed by atoms with Crippen molar-refractivity contribution in [2.75, 3.05) is 0 Å². The van der Waals surface area contributed by atoms with Crippen LogP contribution < -0.4 is 5.73 Å². The fourth-order valence-electron chi connectivity index (χ4n) is 2.86. The number of halogens is 2. The second-order valence-corrected chi connectivity index (χ2v) is 6.28. The predicted octanol–water partition coefficient (Wildman–Crippen LogP) is 4.32. The maximum atomic E-state index is 13.1. The topological polar surface area (TPSA) is 26.0 Å². The van der Waals surface area contributed by atoms with Gasteiger partial charge < -0.3 is 5.73 Å². The molecule has 0 aromatic heterocycles. The van der Waals surface area contributed by atoms with Gasteiger partial charge in [-0.2, -0.15) is 0 Å². The minimum atomic E-state index is -0.230. The van der Waals surface area contributed by atoms with Crippen LogP contribution in [0, 0.1) is 5.82 Å². The molecule has 0 saturated carbocycles. The molecule has 0 saturated heterocycles. The highest BCUT2D eigenvalue weighted by Gasteiger charge is 2.15. The Labute approximate surface area is 127 Å². The second-order valence-electron chi connectivity index (χ2n) is 5.43. The molecule has 3 rings (SSSR count). The molecular formula is C17H17BrFN. The third-order valence-corrected chi connectivity index (χ3v) is 4.74. The predicted molar refractivity (Wildman–Crippen MR) is 83.2 cm³/mol. The molecule has 2 N–H and O–H groups in total. The van der Waals surface area contributed by atoms with Crippen molar-refractivity contribution in [3.63, 3.8) is 0 Å². The number of benzene rings is 2. The quantitative estimate of drug-likeness (QED) is 0.889. The van der Waals surface area contributed by atoms with Crippen LogP contribution in [-0.2, 0) is 19.3 Å². The number of hydrogen-bond donors (Lipinski definition) is 1. The zero-order valence-electron chi connectivity index (χ0n) is 11.2. The van der Waals surface area contributed by atoms with E-state index < -0.39 is 0 Å². The van der Waals surface area contributed by atoms with Crippen molar-refractivity contribution in [1.82, 2.24) is 0 Å². The molecule has 20 heavy (non-hydrogen) atoms. The molecule has 2 aromatic carbocycles. The lowest BCUT2D eigenvalue weighted by atomic mass is 9.96. The molecule has 0 heterocycles. The van der Waals surface area contributed by atoms with E-state index in [1.807, 2.05) is 0 Å². The standard InChI is InChI=1S/C17H17BrFN/c18-16-10-15(19)7-6-13(16)9-17(20)14-5-4-11-2-1-3-12(11)8-14/h4-8,10,17H,1-3,9,20H2. The monoisotopic (exact) mass is 333 g/mol. The van der Waals surface area contributed by atoms with E-state index in [1.165, 1.54) is 41.7 Å². The van der Waals surface area contributed by atoms with Crippen LogP contribution in [0.25, 0.3) is 0 Å². The Hall–Kier alpha value is -1.19. The second kappa shape index (κ2) is 5.66. The van der Waals surface area contributed by atoms with E-state index in [4.69, 9.17) is 5.73 Å². The number of nitrogens with two attached hydrogens (primary N) is 1. The van der Waals surface area contributed by atoms with Gasteiger partial charge in [0.2, 0.25) is 0 Å². The number of fused-ring (bicyclic) bond motifs is 1. The molecule has 104 valence electrons. The van der Waals surface area contributed by atoms with Crippen LogP contribution in [0.1, 0.15) is 34.7 Å². The highest BCUT2D eigenvalue weighted by atomic mass is 79.9. The lowest BCUT2D eigenvalue weighted by Crippen LogP contribution is -2.14. The molecule has 0 aliphatic heterocycles. The van der Waals surface area contributed by atoms with E-state index in [1.54, 1.807) is 6.07 Å². The van der Waals surface area contributed by atoms with Gasteiger partial charge >= 0.3 is 0 Å². The summed E-state index contributed by atoms with van der Waals surface area (Å²) >= 11 is 3.40. The van der Waals surface area contributed by atoms with E-state index in [0.717, 1.165) is 16.5 Å². The SMILES string of the molecule is NC(Cc1ccc(F)cc1Br)c1ccc2c(c1)CCC2. The molecule has 2 aromatic rings. The summed E-state index contributed by atoms with van der Waals surface area (Å²) in [7, 11) is 0. The van der Waals surface area contributed by atoms with Gasteiger partial charge in [0.1, 0.15) is 5.82 Å². The Morgan fingerprint density at radius 2 is 1.90 bits per heavy atom. The minimum Gasteiger partial charge on any atom is -0.324 e. The van der Waals surface area contributed by atoms with Crippen LogP contribution in [0.3, 0.4) is 0 Å². The third-order valence-electron chi connectivity index (χ3n) is 4.01. The first kappa shape index (κ1) is 13.8. The third kappa shape index (κ3) is 2.79. The Bertz CT molecular complexity index is 639. The Morgan fingerprint density at radius 3 is 2.70 bits per heavy atom. The molecule has 3 heteroatoms. The maximum absolute atomic E-state index is 13.1. The average Bonchev–Trinajstić information content (AvgIpc) is 2.89. The summed E-state index contributed by atoms with van der Waals surface area (Å²) in [5.41, 5.74) is 11.4. The minimum absolute atomic E-state index is 0.0531. The van der Waals surface area contributed by atoms with Crippen molar-refractivity contribution in [2.24, 2.45) is 5.73 Å². The van der Waals surface area contributed by atoms with Gasteiger partial charge in [0.15, 0.2) is 0 Å². The molecule has 0 amide bonds. The van der Waals surface area contributed by atoms with Crippen molar-refractivity contribution in [3.05, 3.63) is 68.9 Å². The van der Waals surface area contributed by atoms with Gasteiger partial charge in [-0.05, 0) is 60.1 Å². The molecule has 1 atom stereocenters. The Kier molecular flexibility index (Phi) is 3.90. The summed E-state index contributed by atoms with van der Waals surface area (Å²) in [5.74, 6) is -0.230. The first-order chi connectivity index (χ1) is 9.63. The fraction of sp³-hybridized carbons (Fsp3) is 0.294. The molecule has 1 unspecified atom stereocenters. The van der Waals surface area contributed by atoms with Crippen LogP contribution in [0.15, 0.2) is 40.9 Å². The molecule has 1 aliphatic carbocycles. The highest BCUT2D eigenvalue weighted by molar-refractivity contribution is 9.10. The van der Waals surface area contributed by atoms with E-state index in [-0.39, 0.29) is 11.9 Å². The molecular weight excluding hydrogens is 317 g/mol. The van der Waals surface area contributed by atoms with Gasteiger partial charge in [0.05, 0.1) is 0 Å². The average molecular weight is 334 g/mol. The lowest BCUT2D eigenvalue weighted by Gasteiger charge is -2.15. The molecule has 0 radical (unpaired) electrons. The van der Waals surface area contributed by atoms with E-state index in [2.05, 4.69) is 34.1 Å². The van der Waals surface area contributed by atoms with Gasteiger partial charge in [0.25, 0.3) is 0 Å². The first-order valence-corrected chi connectivity index (χ1v) is 7.74. The van der Waals surface area contributed by atoms with Crippen LogP contribution in [0.2, 0.25) is 0 Å². The highest BCUT2D eigenvalue weighted by Crippen LogP contribution is 2.27. The van der Waals surface area contributed by atoms with E-state index in [9.17, 15) is 4.39 Å². The van der Waals surface area contributed by atoms with Gasteiger partial charge in [-0.3, -0.25) is 0 Å².